The topological polar surface area (TPSA) is 237 Å². The molecule has 0 radical (unpaired) electrons. The normalized spacial score (nSPS) is 14.4. The fraction of sp³-hybridized carbons (Fsp3) is 0.724. The van der Waals surface area contributed by atoms with Gasteiger partial charge in [0, 0.05) is 25.7 Å². The van der Waals surface area contributed by atoms with Crippen LogP contribution in [0, 0.1) is 0 Å². The maximum Gasteiger partial charge on any atom is 0.472 e. The van der Waals surface area contributed by atoms with E-state index in [0.29, 0.717) is 25.7 Å². The highest BCUT2D eigenvalue weighted by atomic mass is 31.2. The molecule has 0 aromatic heterocycles. The van der Waals surface area contributed by atoms with Gasteiger partial charge >= 0.3 is 39.5 Å². The molecule has 0 spiro atoms. The number of allylic oxidation sites excluding steroid dienone is 20. The number of phosphoric ester groups is 2. The molecule has 5 atom stereocenters. The molecule has 0 aliphatic carbocycles. The second-order valence-corrected chi connectivity index (χ2v) is 30.6. The maximum absolute atomic E-state index is 13.1. The van der Waals surface area contributed by atoms with Crippen LogP contribution in [0.1, 0.15) is 349 Å². The summed E-state index contributed by atoms with van der Waals surface area (Å²) in [6.07, 6.45) is 87.3. The first kappa shape index (κ1) is 101. The van der Waals surface area contributed by atoms with Gasteiger partial charge in [0.15, 0.2) is 12.2 Å². The van der Waals surface area contributed by atoms with Crippen LogP contribution in [0.3, 0.4) is 0 Å². The first-order valence-corrected chi connectivity index (χ1v) is 44.8. The molecule has 5 unspecified atom stereocenters. The second-order valence-electron chi connectivity index (χ2n) is 27.7. The molecular formula is C87H150O17P2. The number of hydrogen-bond acceptors (Lipinski definition) is 15. The van der Waals surface area contributed by atoms with Crippen LogP contribution in [-0.2, 0) is 65.4 Å². The van der Waals surface area contributed by atoms with E-state index < -0.39 is 97.5 Å². The van der Waals surface area contributed by atoms with Gasteiger partial charge < -0.3 is 33.8 Å². The molecule has 106 heavy (non-hydrogen) atoms. The molecule has 0 rings (SSSR count). The van der Waals surface area contributed by atoms with Gasteiger partial charge in [0.25, 0.3) is 0 Å². The highest BCUT2D eigenvalue weighted by Gasteiger charge is 2.30. The molecule has 19 heteroatoms. The Morgan fingerprint density at radius 3 is 0.774 bits per heavy atom. The molecule has 0 aliphatic heterocycles. The highest BCUT2D eigenvalue weighted by molar-refractivity contribution is 7.47. The van der Waals surface area contributed by atoms with E-state index in [-0.39, 0.29) is 25.7 Å². The summed E-state index contributed by atoms with van der Waals surface area (Å²) in [6, 6.07) is 0. The van der Waals surface area contributed by atoms with Crippen LogP contribution in [0.4, 0.5) is 0 Å². The van der Waals surface area contributed by atoms with Crippen LogP contribution in [0.2, 0.25) is 0 Å². The lowest BCUT2D eigenvalue weighted by Gasteiger charge is -2.21. The SMILES string of the molecule is CC/C=C\C/C=C\C/C=C\C/C=C\CCCCCCCCC(=O)OCC(COP(=O)(O)OCC(O)COP(=O)(O)OCC(COC(=O)CCCCCCC/C=C\C/C=C\CCCCC)OC(=O)CCCCCCCCCCCCCCC)OC(=O)CCCCCCCC/C=C\C/C=C\C/C=C\C/C=C\CC. The molecular weight excluding hydrogens is 1380 g/mol. The van der Waals surface area contributed by atoms with Crippen molar-refractivity contribution in [1.29, 1.82) is 0 Å². The number of unbranched alkanes of at least 4 members (excludes halogenated alkanes) is 32. The van der Waals surface area contributed by atoms with Gasteiger partial charge in [0.05, 0.1) is 26.4 Å². The molecule has 0 aliphatic rings. The summed E-state index contributed by atoms with van der Waals surface area (Å²) in [4.78, 5) is 73.2. The molecule has 610 valence electrons. The summed E-state index contributed by atoms with van der Waals surface area (Å²) in [5.41, 5.74) is 0. The van der Waals surface area contributed by atoms with Gasteiger partial charge in [-0.1, -0.05) is 310 Å². The van der Waals surface area contributed by atoms with Crippen LogP contribution in [0.25, 0.3) is 0 Å². The maximum atomic E-state index is 13.1. The van der Waals surface area contributed by atoms with Gasteiger partial charge in [-0.05, 0) is 135 Å². The van der Waals surface area contributed by atoms with Crippen molar-refractivity contribution in [2.24, 2.45) is 0 Å². The lowest BCUT2D eigenvalue weighted by atomic mass is 10.0. The number of ether oxygens (including phenoxy) is 4. The Labute approximate surface area is 644 Å². The van der Waals surface area contributed by atoms with E-state index in [1.807, 2.05) is 0 Å². The minimum absolute atomic E-state index is 0.0731. The zero-order valence-electron chi connectivity index (χ0n) is 66.8. The van der Waals surface area contributed by atoms with Crippen molar-refractivity contribution in [3.05, 3.63) is 122 Å². The fourth-order valence-electron chi connectivity index (χ4n) is 11.1. The summed E-state index contributed by atoms with van der Waals surface area (Å²) in [5, 5.41) is 10.7. The number of rotatable bonds is 78. The Bertz CT molecular complexity index is 2480. The molecule has 0 aromatic carbocycles. The highest BCUT2D eigenvalue weighted by Crippen LogP contribution is 2.45. The smallest absolute Gasteiger partial charge is 0.462 e. The Morgan fingerprint density at radius 1 is 0.274 bits per heavy atom. The zero-order valence-corrected chi connectivity index (χ0v) is 68.6. The number of aliphatic hydroxyl groups is 1. The van der Waals surface area contributed by atoms with Crippen molar-refractivity contribution >= 4 is 39.5 Å². The third kappa shape index (κ3) is 77.6. The van der Waals surface area contributed by atoms with Crippen LogP contribution in [0.5, 0.6) is 0 Å². The van der Waals surface area contributed by atoms with E-state index in [4.69, 9.17) is 37.0 Å². The summed E-state index contributed by atoms with van der Waals surface area (Å²) in [5.74, 6) is -2.20. The molecule has 0 fully saturated rings. The van der Waals surface area contributed by atoms with Crippen molar-refractivity contribution in [2.45, 2.75) is 367 Å². The Hall–Kier alpha value is -4.54. The van der Waals surface area contributed by atoms with E-state index >= 15 is 0 Å². The summed E-state index contributed by atoms with van der Waals surface area (Å²) >= 11 is 0. The fourth-order valence-corrected chi connectivity index (χ4v) is 12.7. The molecule has 0 saturated heterocycles. The third-order valence-corrected chi connectivity index (χ3v) is 19.3. The third-order valence-electron chi connectivity index (χ3n) is 17.4. The van der Waals surface area contributed by atoms with E-state index in [1.165, 1.54) is 70.6 Å². The number of phosphoric acid groups is 2. The van der Waals surface area contributed by atoms with Crippen LogP contribution < -0.4 is 0 Å². The number of hydrogen-bond donors (Lipinski definition) is 3. The first-order chi connectivity index (χ1) is 51.7. The Morgan fingerprint density at radius 2 is 0.491 bits per heavy atom. The summed E-state index contributed by atoms with van der Waals surface area (Å²) in [7, 11) is -9.97. The van der Waals surface area contributed by atoms with E-state index in [0.717, 1.165) is 199 Å². The predicted octanol–water partition coefficient (Wildman–Crippen LogP) is 24.7. The Kier molecular flexibility index (Phi) is 75.2. The molecule has 17 nitrogen and oxygen atoms in total. The number of aliphatic hydroxyl groups excluding tert-OH is 1. The Balaban J connectivity index is 5.39. The van der Waals surface area contributed by atoms with E-state index in [1.54, 1.807) is 0 Å². The van der Waals surface area contributed by atoms with Crippen LogP contribution >= 0.6 is 15.6 Å². The summed E-state index contributed by atoms with van der Waals surface area (Å²) in [6.45, 7) is 4.62. The molecule has 0 heterocycles. The molecule has 0 bridgehead atoms. The van der Waals surface area contributed by atoms with E-state index in [2.05, 4.69) is 149 Å². The van der Waals surface area contributed by atoms with Gasteiger partial charge in [-0.25, -0.2) is 9.13 Å². The van der Waals surface area contributed by atoms with Gasteiger partial charge in [-0.2, -0.15) is 0 Å². The summed E-state index contributed by atoms with van der Waals surface area (Å²) < 4.78 is 68.7. The van der Waals surface area contributed by atoms with E-state index in [9.17, 15) is 43.2 Å². The van der Waals surface area contributed by atoms with Gasteiger partial charge in [-0.15, -0.1) is 0 Å². The van der Waals surface area contributed by atoms with Gasteiger partial charge in [0.1, 0.15) is 19.3 Å². The van der Waals surface area contributed by atoms with Crippen molar-refractivity contribution in [2.75, 3.05) is 39.6 Å². The average molecular weight is 1530 g/mol. The number of carbonyl (C=O) groups is 4. The minimum atomic E-state index is -4.99. The van der Waals surface area contributed by atoms with Gasteiger partial charge in [0.2, 0.25) is 0 Å². The van der Waals surface area contributed by atoms with Gasteiger partial charge in [-0.3, -0.25) is 37.3 Å². The second kappa shape index (κ2) is 78.6. The predicted molar refractivity (Wildman–Crippen MR) is 436 cm³/mol. The first-order valence-electron chi connectivity index (χ1n) is 41.8. The number of carbonyl (C=O) groups excluding carboxylic acids is 4. The van der Waals surface area contributed by atoms with Crippen LogP contribution in [0.15, 0.2) is 122 Å². The van der Waals surface area contributed by atoms with Crippen molar-refractivity contribution in [3.8, 4) is 0 Å². The quantitative estimate of drug-likeness (QED) is 0.0169. The molecule has 0 saturated carbocycles. The zero-order chi connectivity index (χ0) is 77.4. The lowest BCUT2D eigenvalue weighted by Crippen LogP contribution is -2.30. The van der Waals surface area contributed by atoms with Crippen molar-refractivity contribution in [3.63, 3.8) is 0 Å². The van der Waals surface area contributed by atoms with Crippen molar-refractivity contribution < 1.29 is 80.2 Å². The van der Waals surface area contributed by atoms with Crippen molar-refractivity contribution in [1.82, 2.24) is 0 Å². The monoisotopic (exact) mass is 1530 g/mol. The number of esters is 4. The standard InChI is InChI=1S/C87H150O17P2/c1-5-9-13-17-21-25-29-33-36-38-40-42-45-49-52-56-60-64-68-72-85(90)98-78-83(104-87(92)74-70-66-62-58-54-50-46-43-41-39-37-34-30-26-22-18-14-10-6-2)80-102-106(95,96)100-76-81(88)75-99-105(93,94)101-79-82(103-86(91)73-69-65-61-57-53-47-32-28-24-20-16-12-8-4)77-97-84(89)71-67-63-59-55-51-48-44-35-31-27-23-19-15-11-7-3/h9-10,13-14,21-23,25-27,33-37,40-44,81-83,88H,5-8,11-12,15-20,24,28-32,38-39,45-80H2,1-4H3,(H,93,94)(H,95,96)/b13-9-,14-10-,25-21-,26-22-,27-23-,36-33-,37-34-,42-40-,43-41-,44-35-. The molecule has 3 N–H and O–H groups in total. The molecule has 0 aromatic rings. The molecule has 0 amide bonds. The van der Waals surface area contributed by atoms with Crippen LogP contribution in [-0.4, -0.2) is 96.7 Å². The average Bonchev–Trinajstić information content (AvgIpc) is 0.903. The largest absolute Gasteiger partial charge is 0.472 e. The minimum Gasteiger partial charge on any atom is -0.462 e. The lowest BCUT2D eigenvalue weighted by molar-refractivity contribution is -0.161.